The first-order valence-electron chi connectivity index (χ1n) is 15.6. The number of aryl methyl sites for hydroxylation is 1. The van der Waals surface area contributed by atoms with Crippen LogP contribution in [0.4, 0.5) is 21.2 Å². The Kier molecular flexibility index (Phi) is 8.44. The molecule has 1 aromatic heterocycles. The molecule has 0 bridgehead atoms. The lowest BCUT2D eigenvalue weighted by Crippen LogP contribution is -2.44. The predicted octanol–water partition coefficient (Wildman–Crippen LogP) is 4.29. The minimum Gasteiger partial charge on any atom is -0.396 e. The average molecular weight is 621 g/mol. The predicted molar refractivity (Wildman–Crippen MR) is 168 cm³/mol. The molecule has 0 saturated carbocycles. The van der Waals surface area contributed by atoms with Crippen molar-refractivity contribution in [1.82, 2.24) is 20.3 Å². The zero-order valence-corrected chi connectivity index (χ0v) is 26.5. The van der Waals surface area contributed by atoms with Gasteiger partial charge in [0.15, 0.2) is 5.60 Å². The smallest absolute Gasteiger partial charge is 0.268 e. The largest absolute Gasteiger partial charge is 0.396 e. The molecule has 3 aliphatic heterocycles. The van der Waals surface area contributed by atoms with Gasteiger partial charge in [0.25, 0.3) is 5.91 Å². The van der Waals surface area contributed by atoms with E-state index in [2.05, 4.69) is 20.9 Å². The zero-order valence-electron chi connectivity index (χ0n) is 25.5. The normalized spacial score (nSPS) is 26.8. The van der Waals surface area contributed by atoms with Gasteiger partial charge in [-0.25, -0.2) is 0 Å². The van der Waals surface area contributed by atoms with Gasteiger partial charge in [-0.05, 0) is 69.2 Å². The number of halogens is 1. The number of nitrogens with zero attached hydrogens (tertiary/aromatic N) is 4. The molecule has 2 fully saturated rings. The maximum atomic E-state index is 16.3. The van der Waals surface area contributed by atoms with Gasteiger partial charge >= 0.3 is 0 Å². The van der Waals surface area contributed by atoms with Crippen molar-refractivity contribution in [2.75, 3.05) is 29.9 Å². The summed E-state index contributed by atoms with van der Waals surface area (Å²) >= 11 is 0. The van der Waals surface area contributed by atoms with E-state index >= 15 is 4.11 Å². The number of benzene rings is 2. The molecule has 1 unspecified atom stereocenters. The number of carbonyl (C=O) groups is 2. The standard InChI is InChI=1S/C32H41FN6O4Si/c1-21-29(44(2,3)33)28(13-16-38-20-24(14-17-40)36-37-38)43-32(21)26-18-23(35-30(41)22-8-7-15-34-19-22)11-12-27(26)39(31(32)42)25-9-5-4-6-10-25/h4-6,9-12,18,20-22,28-29,34,40H,7-8,13-17,19H2,1-3H3,(H,35,41)/t21-,22?,28+,29-,32+/m1/s1. The number of hydrogen-bond donors (Lipinski definition) is 3. The molecule has 0 radical (unpaired) electrons. The Labute approximate surface area is 258 Å². The number of aliphatic hydroxyl groups is 1. The third-order valence-corrected chi connectivity index (χ3v) is 11.9. The molecular weight excluding hydrogens is 579 g/mol. The lowest BCUT2D eigenvalue weighted by atomic mass is 9.82. The van der Waals surface area contributed by atoms with Gasteiger partial charge in [0.2, 0.25) is 14.3 Å². The number of anilines is 3. The maximum absolute atomic E-state index is 16.3. The van der Waals surface area contributed by atoms with Crippen LogP contribution in [0.1, 0.15) is 37.4 Å². The summed E-state index contributed by atoms with van der Waals surface area (Å²) in [5, 5.41) is 23.9. The van der Waals surface area contributed by atoms with Crippen LogP contribution >= 0.6 is 0 Å². The molecule has 10 nitrogen and oxygen atoms in total. The fraction of sp³-hybridized carbons (Fsp3) is 0.500. The number of aromatic nitrogens is 3. The summed E-state index contributed by atoms with van der Waals surface area (Å²) in [4.78, 5) is 29.5. The zero-order chi connectivity index (χ0) is 31.1. The van der Waals surface area contributed by atoms with Crippen molar-refractivity contribution < 1.29 is 23.5 Å². The highest BCUT2D eigenvalue weighted by molar-refractivity contribution is 6.72. The fourth-order valence-electron chi connectivity index (χ4n) is 7.41. The molecule has 3 N–H and O–H groups in total. The summed E-state index contributed by atoms with van der Waals surface area (Å²) in [6.45, 7) is 7.26. The van der Waals surface area contributed by atoms with E-state index in [1.54, 1.807) is 28.9 Å². The molecule has 1 spiro atoms. The lowest BCUT2D eigenvalue weighted by Gasteiger charge is -2.31. The van der Waals surface area contributed by atoms with Gasteiger partial charge in [0.05, 0.1) is 23.4 Å². The summed E-state index contributed by atoms with van der Waals surface area (Å²) < 4.78 is 24.8. The van der Waals surface area contributed by atoms with E-state index in [-0.39, 0.29) is 24.3 Å². The number of carbonyl (C=O) groups excluding carboxylic acids is 2. The second-order valence-electron chi connectivity index (χ2n) is 12.7. The van der Waals surface area contributed by atoms with Crippen LogP contribution in [0.25, 0.3) is 0 Å². The van der Waals surface area contributed by atoms with Gasteiger partial charge in [0.1, 0.15) is 0 Å². The Balaban J connectivity index is 1.38. The summed E-state index contributed by atoms with van der Waals surface area (Å²) in [7, 11) is -3.35. The van der Waals surface area contributed by atoms with Crippen LogP contribution in [0.2, 0.25) is 18.6 Å². The van der Waals surface area contributed by atoms with Crippen LogP contribution in [0.15, 0.2) is 54.7 Å². The van der Waals surface area contributed by atoms with E-state index in [9.17, 15) is 14.7 Å². The maximum Gasteiger partial charge on any atom is 0.268 e. The highest BCUT2D eigenvalue weighted by atomic mass is 28.4. The number of nitrogens with one attached hydrogen (secondary N) is 2. The molecule has 0 aliphatic carbocycles. The highest BCUT2D eigenvalue weighted by Gasteiger charge is 2.67. The van der Waals surface area contributed by atoms with Gasteiger partial charge < -0.3 is 24.6 Å². The van der Waals surface area contributed by atoms with Crippen molar-refractivity contribution in [3.8, 4) is 0 Å². The molecular formula is C32H41FN6O4Si. The van der Waals surface area contributed by atoms with Crippen LogP contribution in [0, 0.1) is 11.8 Å². The molecule has 44 heavy (non-hydrogen) atoms. The first-order valence-corrected chi connectivity index (χ1v) is 18.5. The van der Waals surface area contributed by atoms with Crippen molar-refractivity contribution in [2.24, 2.45) is 11.8 Å². The number of amides is 2. The van der Waals surface area contributed by atoms with Crippen LogP contribution in [0.3, 0.4) is 0 Å². The van der Waals surface area contributed by atoms with E-state index in [1.165, 1.54) is 0 Å². The van der Waals surface area contributed by atoms with Gasteiger partial charge in [-0.1, -0.05) is 30.3 Å². The van der Waals surface area contributed by atoms with E-state index in [4.69, 9.17) is 4.74 Å². The average Bonchev–Trinajstić information content (AvgIpc) is 3.66. The number of para-hydroxylation sites is 1. The number of rotatable bonds is 9. The van der Waals surface area contributed by atoms with Crippen LogP contribution in [0.5, 0.6) is 0 Å². The van der Waals surface area contributed by atoms with E-state index in [1.807, 2.05) is 55.5 Å². The van der Waals surface area contributed by atoms with Crippen molar-refractivity contribution in [3.05, 3.63) is 66.0 Å². The quantitative estimate of drug-likeness (QED) is 0.241. The molecule has 3 aromatic rings. The Morgan fingerprint density at radius 1 is 1.25 bits per heavy atom. The molecule has 2 amide bonds. The number of piperidine rings is 1. The molecule has 234 valence electrons. The van der Waals surface area contributed by atoms with Crippen molar-refractivity contribution >= 4 is 37.3 Å². The van der Waals surface area contributed by atoms with Crippen molar-refractivity contribution in [1.29, 1.82) is 0 Å². The van der Waals surface area contributed by atoms with Gasteiger partial charge in [-0.15, -0.1) is 5.10 Å². The van der Waals surface area contributed by atoms with Gasteiger partial charge in [-0.3, -0.25) is 19.2 Å². The number of fused-ring (bicyclic) bond motifs is 2. The van der Waals surface area contributed by atoms with Crippen molar-refractivity contribution in [2.45, 2.75) is 69.5 Å². The first-order chi connectivity index (χ1) is 21.1. The topological polar surface area (TPSA) is 122 Å². The molecule has 2 saturated heterocycles. The number of aliphatic hydroxyl groups excluding tert-OH is 1. The van der Waals surface area contributed by atoms with Crippen LogP contribution in [-0.2, 0) is 32.9 Å². The van der Waals surface area contributed by atoms with E-state index < -0.39 is 31.6 Å². The van der Waals surface area contributed by atoms with Crippen LogP contribution in [-0.4, -0.2) is 66.1 Å². The Morgan fingerprint density at radius 3 is 2.75 bits per heavy atom. The third kappa shape index (κ3) is 5.48. The Bertz CT molecular complexity index is 1510. The van der Waals surface area contributed by atoms with E-state index in [0.29, 0.717) is 54.3 Å². The highest BCUT2D eigenvalue weighted by Crippen LogP contribution is 2.61. The molecule has 5 atom stereocenters. The van der Waals surface area contributed by atoms with Crippen molar-refractivity contribution in [3.63, 3.8) is 0 Å². The minimum absolute atomic E-state index is 0.0202. The summed E-state index contributed by atoms with van der Waals surface area (Å²) in [6.07, 6.45) is 3.85. The molecule has 6 rings (SSSR count). The van der Waals surface area contributed by atoms with Crippen LogP contribution < -0.4 is 15.5 Å². The fourth-order valence-corrected chi connectivity index (χ4v) is 9.95. The summed E-state index contributed by atoms with van der Waals surface area (Å²) in [5.41, 5.74) is 1.40. The van der Waals surface area contributed by atoms with E-state index in [0.717, 1.165) is 19.4 Å². The second-order valence-corrected chi connectivity index (χ2v) is 16.5. The minimum atomic E-state index is -3.35. The lowest BCUT2D eigenvalue weighted by molar-refractivity contribution is -0.145. The molecule has 4 heterocycles. The molecule has 3 aliphatic rings. The Morgan fingerprint density at radius 2 is 2.05 bits per heavy atom. The van der Waals surface area contributed by atoms with Gasteiger partial charge in [-0.2, -0.15) is 0 Å². The second kappa shape index (κ2) is 12.1. The SMILES string of the molecule is C[C@@H]1[C@@H]([Si](C)(C)F)[C@H](CCn2cc(CCO)nn2)O[C@@]12C(=O)N(c1ccccc1)c1ccc(NC(=O)C3CCCNC3)cc12. The summed E-state index contributed by atoms with van der Waals surface area (Å²) in [5.74, 6) is -0.898. The third-order valence-electron chi connectivity index (χ3n) is 9.42. The number of hydrogen-bond acceptors (Lipinski definition) is 7. The van der Waals surface area contributed by atoms with Gasteiger partial charge in [0, 0.05) is 60.7 Å². The summed E-state index contributed by atoms with van der Waals surface area (Å²) in [6, 6.07) is 15.0. The first kappa shape index (κ1) is 30.6. The number of ether oxygens (including phenoxy) is 1. The molecule has 12 heteroatoms. The Hall–Kier alpha value is -3.45. The molecule has 2 aromatic carbocycles. The monoisotopic (exact) mass is 620 g/mol.